The van der Waals surface area contributed by atoms with Gasteiger partial charge in [0.2, 0.25) is 0 Å². The minimum absolute atomic E-state index is 0.113. The minimum Gasteiger partial charge on any atom is -0.494 e. The van der Waals surface area contributed by atoms with E-state index in [9.17, 15) is 18.8 Å². The molecule has 122 valence electrons. The first-order valence-corrected chi connectivity index (χ1v) is 7.10. The molecule has 0 spiro atoms. The third kappa shape index (κ3) is 2.83. The number of amides is 3. The van der Waals surface area contributed by atoms with E-state index in [0.717, 1.165) is 0 Å². The maximum atomic E-state index is 13.6. The molecule has 7 heteroatoms. The number of hydrogen-bond acceptors (Lipinski definition) is 4. The molecule has 0 unspecified atom stereocenters. The lowest BCUT2D eigenvalue weighted by molar-refractivity contribution is 0.0878. The molecule has 3 rings (SSSR count). The highest BCUT2D eigenvalue weighted by Gasteiger charge is 2.27. The Bertz CT molecular complexity index is 864. The number of imide groups is 1. The largest absolute Gasteiger partial charge is 0.494 e. The van der Waals surface area contributed by atoms with E-state index in [1.165, 1.54) is 37.4 Å². The number of rotatable bonds is 4. The van der Waals surface area contributed by atoms with E-state index in [-0.39, 0.29) is 29.0 Å². The van der Waals surface area contributed by atoms with Crippen LogP contribution < -0.4 is 15.4 Å². The summed E-state index contributed by atoms with van der Waals surface area (Å²) in [5.74, 6) is -1.82. The second-order valence-electron chi connectivity index (χ2n) is 5.20. The summed E-state index contributed by atoms with van der Waals surface area (Å²) in [7, 11) is 1.37. The molecular weight excluding hydrogens is 315 g/mol. The molecule has 6 nitrogen and oxygen atoms in total. The van der Waals surface area contributed by atoms with Crippen LogP contribution >= 0.6 is 0 Å². The third-order valence-electron chi connectivity index (χ3n) is 3.67. The van der Waals surface area contributed by atoms with Crippen molar-refractivity contribution >= 4 is 17.7 Å². The molecule has 0 saturated heterocycles. The topological polar surface area (TPSA) is 84.5 Å². The highest BCUT2D eigenvalue weighted by molar-refractivity contribution is 6.22. The van der Waals surface area contributed by atoms with Crippen molar-refractivity contribution in [1.29, 1.82) is 0 Å². The Morgan fingerprint density at radius 3 is 2.58 bits per heavy atom. The van der Waals surface area contributed by atoms with Crippen LogP contribution in [0, 0.1) is 5.82 Å². The Labute approximate surface area is 136 Å². The van der Waals surface area contributed by atoms with Gasteiger partial charge in [-0.05, 0) is 35.9 Å². The second-order valence-corrected chi connectivity index (χ2v) is 5.20. The Kier molecular flexibility index (Phi) is 3.99. The van der Waals surface area contributed by atoms with Crippen LogP contribution in [0.25, 0.3) is 0 Å². The maximum absolute atomic E-state index is 13.6. The predicted molar refractivity (Wildman–Crippen MR) is 82.4 cm³/mol. The molecule has 24 heavy (non-hydrogen) atoms. The molecule has 0 aliphatic carbocycles. The van der Waals surface area contributed by atoms with E-state index >= 15 is 0 Å². The number of carbonyl (C=O) groups excluding carboxylic acids is 3. The van der Waals surface area contributed by atoms with Gasteiger partial charge in [0.05, 0.1) is 18.2 Å². The molecule has 3 amide bonds. The van der Waals surface area contributed by atoms with Gasteiger partial charge in [-0.15, -0.1) is 0 Å². The van der Waals surface area contributed by atoms with Crippen molar-refractivity contribution in [2.45, 2.75) is 6.54 Å². The minimum atomic E-state index is -0.526. The number of halogens is 1. The standard InChI is InChI=1S/C17H13FN2O4/c1-24-14-5-2-9(6-13(14)18)8-19-15(21)10-3-4-11-12(7-10)17(23)20-16(11)22/h2-7H,8H2,1H3,(H,19,21)(H,20,22,23). The van der Waals surface area contributed by atoms with Gasteiger partial charge in [0.15, 0.2) is 11.6 Å². The number of hydrogen-bond donors (Lipinski definition) is 2. The van der Waals surface area contributed by atoms with E-state index in [1.807, 2.05) is 0 Å². The zero-order chi connectivity index (χ0) is 17.3. The van der Waals surface area contributed by atoms with Crippen LogP contribution in [-0.2, 0) is 6.54 Å². The van der Waals surface area contributed by atoms with Crippen molar-refractivity contribution < 1.29 is 23.5 Å². The summed E-state index contributed by atoms with van der Waals surface area (Å²) in [6.45, 7) is 0.113. The molecular formula is C17H13FN2O4. The van der Waals surface area contributed by atoms with Gasteiger partial charge in [-0.25, -0.2) is 4.39 Å². The smallest absolute Gasteiger partial charge is 0.258 e. The molecule has 0 atom stereocenters. The molecule has 2 N–H and O–H groups in total. The number of benzene rings is 2. The molecule has 2 aromatic carbocycles. The molecule has 0 fully saturated rings. The molecule has 0 radical (unpaired) electrons. The highest BCUT2D eigenvalue weighted by atomic mass is 19.1. The summed E-state index contributed by atoms with van der Waals surface area (Å²) < 4.78 is 18.4. The second kappa shape index (κ2) is 6.11. The van der Waals surface area contributed by atoms with Crippen LogP contribution in [0.3, 0.4) is 0 Å². The zero-order valence-electron chi connectivity index (χ0n) is 12.7. The van der Waals surface area contributed by atoms with Crippen molar-refractivity contribution in [2.75, 3.05) is 7.11 Å². The van der Waals surface area contributed by atoms with E-state index in [4.69, 9.17) is 4.74 Å². The quantitative estimate of drug-likeness (QED) is 0.836. The fourth-order valence-electron chi connectivity index (χ4n) is 2.41. The van der Waals surface area contributed by atoms with Gasteiger partial charge in [0.1, 0.15) is 0 Å². The summed E-state index contributed by atoms with van der Waals surface area (Å²) in [4.78, 5) is 35.3. The van der Waals surface area contributed by atoms with Gasteiger partial charge in [0.25, 0.3) is 17.7 Å². The van der Waals surface area contributed by atoms with Gasteiger partial charge >= 0.3 is 0 Å². The van der Waals surface area contributed by atoms with Crippen molar-refractivity contribution in [1.82, 2.24) is 10.6 Å². The Balaban J connectivity index is 1.72. The molecule has 0 aromatic heterocycles. The van der Waals surface area contributed by atoms with E-state index in [0.29, 0.717) is 5.56 Å². The molecule has 0 bridgehead atoms. The van der Waals surface area contributed by atoms with E-state index in [1.54, 1.807) is 6.07 Å². The number of nitrogens with one attached hydrogen (secondary N) is 2. The van der Waals surface area contributed by atoms with Gasteiger partial charge in [-0.1, -0.05) is 6.07 Å². The van der Waals surface area contributed by atoms with Crippen LogP contribution in [-0.4, -0.2) is 24.8 Å². The summed E-state index contributed by atoms with van der Waals surface area (Å²) in [6.07, 6.45) is 0. The normalized spacial score (nSPS) is 12.6. The summed E-state index contributed by atoms with van der Waals surface area (Å²) >= 11 is 0. The molecule has 0 saturated carbocycles. The first kappa shape index (κ1) is 15.7. The van der Waals surface area contributed by atoms with Gasteiger partial charge in [0, 0.05) is 12.1 Å². The first-order chi connectivity index (χ1) is 11.5. The number of carbonyl (C=O) groups is 3. The lowest BCUT2D eigenvalue weighted by Gasteiger charge is -2.08. The van der Waals surface area contributed by atoms with Crippen LogP contribution in [0.2, 0.25) is 0 Å². The number of ether oxygens (including phenoxy) is 1. The van der Waals surface area contributed by atoms with Crippen LogP contribution in [0.5, 0.6) is 5.75 Å². The van der Waals surface area contributed by atoms with E-state index < -0.39 is 23.5 Å². The number of methoxy groups -OCH3 is 1. The Morgan fingerprint density at radius 2 is 1.88 bits per heavy atom. The lowest BCUT2D eigenvalue weighted by Crippen LogP contribution is -2.23. The van der Waals surface area contributed by atoms with Gasteiger partial charge in [-0.2, -0.15) is 0 Å². The fraction of sp³-hybridized carbons (Fsp3) is 0.118. The predicted octanol–water partition coefficient (Wildman–Crippen LogP) is 1.65. The molecule has 1 aliphatic rings. The van der Waals surface area contributed by atoms with Gasteiger partial charge < -0.3 is 10.1 Å². The zero-order valence-corrected chi connectivity index (χ0v) is 12.7. The van der Waals surface area contributed by atoms with E-state index in [2.05, 4.69) is 10.6 Å². The lowest BCUT2D eigenvalue weighted by atomic mass is 10.1. The van der Waals surface area contributed by atoms with Crippen LogP contribution in [0.15, 0.2) is 36.4 Å². The summed E-state index contributed by atoms with van der Waals surface area (Å²) in [6, 6.07) is 8.63. The maximum Gasteiger partial charge on any atom is 0.258 e. The Hall–Kier alpha value is -3.22. The van der Waals surface area contributed by atoms with Gasteiger partial charge in [-0.3, -0.25) is 19.7 Å². The average molecular weight is 328 g/mol. The third-order valence-corrected chi connectivity index (χ3v) is 3.67. The number of fused-ring (bicyclic) bond motifs is 1. The summed E-state index contributed by atoms with van der Waals surface area (Å²) in [5, 5.41) is 4.79. The average Bonchev–Trinajstić information content (AvgIpc) is 2.86. The highest BCUT2D eigenvalue weighted by Crippen LogP contribution is 2.19. The van der Waals surface area contributed by atoms with Crippen molar-refractivity contribution in [3.63, 3.8) is 0 Å². The molecule has 1 aliphatic heterocycles. The molecule has 1 heterocycles. The molecule has 2 aromatic rings. The SMILES string of the molecule is COc1ccc(CNC(=O)c2ccc3c(c2)C(=O)NC3=O)cc1F. The monoisotopic (exact) mass is 328 g/mol. The first-order valence-electron chi connectivity index (χ1n) is 7.10. The van der Waals surface area contributed by atoms with Crippen LogP contribution in [0.1, 0.15) is 36.6 Å². The van der Waals surface area contributed by atoms with Crippen molar-refractivity contribution in [3.05, 3.63) is 64.5 Å². The van der Waals surface area contributed by atoms with Crippen LogP contribution in [0.4, 0.5) is 4.39 Å². The van der Waals surface area contributed by atoms with Crippen molar-refractivity contribution in [3.8, 4) is 5.75 Å². The Morgan fingerprint density at radius 1 is 1.12 bits per heavy atom. The fourth-order valence-corrected chi connectivity index (χ4v) is 2.41. The summed E-state index contributed by atoms with van der Waals surface area (Å²) in [5.41, 5.74) is 1.22. The van der Waals surface area contributed by atoms with Crippen molar-refractivity contribution in [2.24, 2.45) is 0 Å².